The summed E-state index contributed by atoms with van der Waals surface area (Å²) in [6.07, 6.45) is 3.49. The fourth-order valence-electron chi connectivity index (χ4n) is 2.19. The van der Waals surface area contributed by atoms with E-state index in [0.717, 1.165) is 36.3 Å². The molecule has 0 saturated carbocycles. The Morgan fingerprint density at radius 2 is 2.10 bits per heavy atom. The van der Waals surface area contributed by atoms with E-state index in [-0.39, 0.29) is 5.91 Å². The van der Waals surface area contributed by atoms with Crippen molar-refractivity contribution in [2.24, 2.45) is 0 Å². The zero-order valence-corrected chi connectivity index (χ0v) is 12.1. The molecule has 0 aromatic carbocycles. The van der Waals surface area contributed by atoms with E-state index < -0.39 is 0 Å². The van der Waals surface area contributed by atoms with Gasteiger partial charge in [0.15, 0.2) is 0 Å². The van der Waals surface area contributed by atoms with E-state index in [1.54, 1.807) is 28.4 Å². The number of amides is 1. The van der Waals surface area contributed by atoms with E-state index in [1.807, 2.05) is 17.9 Å². The fourth-order valence-corrected chi connectivity index (χ4v) is 2.93. The molecule has 106 valence electrons. The number of carbonyl (C=O) groups excluding carboxylic acids is 1. The van der Waals surface area contributed by atoms with Gasteiger partial charge in [0.25, 0.3) is 0 Å². The maximum absolute atomic E-state index is 12.1. The minimum atomic E-state index is 0.113. The summed E-state index contributed by atoms with van der Waals surface area (Å²) in [5.41, 5.74) is 0. The second kappa shape index (κ2) is 5.58. The highest BCUT2D eigenvalue weighted by atomic mass is 32.1. The molecule has 1 fully saturated rings. The molecule has 1 saturated heterocycles. The lowest BCUT2D eigenvalue weighted by Gasteiger charge is -2.34. The van der Waals surface area contributed by atoms with Crippen molar-refractivity contribution in [3.63, 3.8) is 0 Å². The molecule has 0 aliphatic carbocycles. The van der Waals surface area contributed by atoms with Crippen LogP contribution in [0.4, 0.5) is 5.13 Å². The van der Waals surface area contributed by atoms with Crippen LogP contribution in [0.15, 0.2) is 18.5 Å². The summed E-state index contributed by atoms with van der Waals surface area (Å²) in [7, 11) is 0. The molecule has 2 aromatic rings. The van der Waals surface area contributed by atoms with Crippen LogP contribution in [-0.2, 0) is 11.3 Å². The summed E-state index contributed by atoms with van der Waals surface area (Å²) in [6, 6.07) is 1.82. The number of rotatable bonds is 3. The lowest BCUT2D eigenvalue weighted by atomic mass is 10.3. The van der Waals surface area contributed by atoms with Crippen molar-refractivity contribution in [1.82, 2.24) is 24.9 Å². The largest absolute Gasteiger partial charge is 0.343 e. The van der Waals surface area contributed by atoms with Gasteiger partial charge in [-0.25, -0.2) is 0 Å². The Kier molecular flexibility index (Phi) is 3.64. The van der Waals surface area contributed by atoms with Crippen LogP contribution in [-0.4, -0.2) is 57.0 Å². The lowest BCUT2D eigenvalue weighted by molar-refractivity contribution is -0.132. The van der Waals surface area contributed by atoms with Gasteiger partial charge in [0, 0.05) is 38.6 Å². The molecule has 3 rings (SSSR count). The maximum Gasteiger partial charge on any atom is 0.244 e. The van der Waals surface area contributed by atoms with E-state index >= 15 is 0 Å². The third-order valence-corrected chi connectivity index (χ3v) is 4.17. The molecular weight excluding hydrogens is 276 g/mol. The Morgan fingerprint density at radius 1 is 1.30 bits per heavy atom. The third kappa shape index (κ3) is 2.79. The Hall–Kier alpha value is -1.96. The smallest absolute Gasteiger partial charge is 0.244 e. The first kappa shape index (κ1) is 13.0. The first-order chi connectivity index (χ1) is 9.72. The molecule has 2 aromatic heterocycles. The van der Waals surface area contributed by atoms with Crippen molar-refractivity contribution in [3.8, 4) is 0 Å². The van der Waals surface area contributed by atoms with Crippen molar-refractivity contribution in [2.45, 2.75) is 13.5 Å². The van der Waals surface area contributed by atoms with Crippen molar-refractivity contribution >= 4 is 22.4 Å². The Morgan fingerprint density at radius 3 is 2.70 bits per heavy atom. The van der Waals surface area contributed by atoms with Gasteiger partial charge in [0.1, 0.15) is 11.6 Å². The Balaban J connectivity index is 1.54. The van der Waals surface area contributed by atoms with Gasteiger partial charge in [-0.1, -0.05) is 11.3 Å². The van der Waals surface area contributed by atoms with Gasteiger partial charge >= 0.3 is 0 Å². The fraction of sp³-hybridized carbons (Fsp3) is 0.500. The monoisotopic (exact) mass is 292 g/mol. The second-order valence-electron chi connectivity index (χ2n) is 4.68. The molecular formula is C12H16N6OS. The van der Waals surface area contributed by atoms with Gasteiger partial charge in [0.2, 0.25) is 11.0 Å². The number of hydrogen-bond donors (Lipinski definition) is 0. The molecule has 7 nitrogen and oxygen atoms in total. The van der Waals surface area contributed by atoms with Crippen LogP contribution >= 0.6 is 11.3 Å². The number of carbonyl (C=O) groups is 1. The average molecular weight is 292 g/mol. The van der Waals surface area contributed by atoms with Gasteiger partial charge in [-0.2, -0.15) is 5.10 Å². The van der Waals surface area contributed by atoms with Crippen LogP contribution in [0.25, 0.3) is 0 Å². The molecule has 0 N–H and O–H groups in total. The zero-order chi connectivity index (χ0) is 13.9. The first-order valence-corrected chi connectivity index (χ1v) is 7.34. The summed E-state index contributed by atoms with van der Waals surface area (Å²) in [4.78, 5) is 16.2. The van der Waals surface area contributed by atoms with Crippen molar-refractivity contribution in [2.75, 3.05) is 31.1 Å². The molecule has 0 unspecified atom stereocenters. The normalized spacial score (nSPS) is 15.7. The van der Waals surface area contributed by atoms with E-state index in [2.05, 4.69) is 20.2 Å². The topological polar surface area (TPSA) is 67.2 Å². The predicted molar refractivity (Wildman–Crippen MR) is 75.7 cm³/mol. The van der Waals surface area contributed by atoms with E-state index in [4.69, 9.17) is 0 Å². The van der Waals surface area contributed by atoms with Crippen molar-refractivity contribution < 1.29 is 4.79 Å². The first-order valence-electron chi connectivity index (χ1n) is 6.52. The molecule has 1 amide bonds. The van der Waals surface area contributed by atoms with Crippen LogP contribution < -0.4 is 4.90 Å². The molecule has 3 heterocycles. The average Bonchev–Trinajstić information content (AvgIpc) is 3.10. The molecule has 8 heteroatoms. The minimum Gasteiger partial charge on any atom is -0.343 e. The van der Waals surface area contributed by atoms with Crippen molar-refractivity contribution in [3.05, 3.63) is 23.5 Å². The summed E-state index contributed by atoms with van der Waals surface area (Å²) in [5.74, 6) is 0.113. The Labute approximate surface area is 120 Å². The van der Waals surface area contributed by atoms with Crippen LogP contribution in [0.2, 0.25) is 0 Å². The summed E-state index contributed by atoms with van der Waals surface area (Å²) >= 11 is 1.59. The summed E-state index contributed by atoms with van der Waals surface area (Å²) in [5, 5.41) is 14.2. The molecule has 1 aliphatic rings. The van der Waals surface area contributed by atoms with Crippen molar-refractivity contribution in [1.29, 1.82) is 0 Å². The molecule has 0 spiro atoms. The molecule has 1 aliphatic heterocycles. The van der Waals surface area contributed by atoms with Crippen LogP contribution in [0.5, 0.6) is 0 Å². The number of aromatic nitrogens is 4. The summed E-state index contributed by atoms with van der Waals surface area (Å²) in [6.45, 7) is 5.31. The second-order valence-corrected chi connectivity index (χ2v) is 5.84. The number of nitrogens with zero attached hydrogens (tertiary/aromatic N) is 6. The van der Waals surface area contributed by atoms with Gasteiger partial charge in [0.05, 0.1) is 0 Å². The van der Waals surface area contributed by atoms with Crippen LogP contribution in [0, 0.1) is 6.92 Å². The minimum absolute atomic E-state index is 0.113. The van der Waals surface area contributed by atoms with Gasteiger partial charge in [-0.05, 0) is 13.0 Å². The number of piperazine rings is 1. The standard InChI is InChI=1S/C12H16N6OS/c1-10-14-15-12(20-10)17-7-5-16(6-8-17)11(19)9-18-4-2-3-13-18/h2-4H,5-9H2,1H3. The molecule has 0 radical (unpaired) electrons. The molecule has 0 atom stereocenters. The van der Waals surface area contributed by atoms with Gasteiger partial charge < -0.3 is 9.80 Å². The van der Waals surface area contributed by atoms with E-state index in [0.29, 0.717) is 6.54 Å². The highest BCUT2D eigenvalue weighted by Crippen LogP contribution is 2.20. The molecule has 20 heavy (non-hydrogen) atoms. The van der Waals surface area contributed by atoms with Crippen LogP contribution in [0.1, 0.15) is 5.01 Å². The SMILES string of the molecule is Cc1nnc(N2CCN(C(=O)Cn3cccn3)CC2)s1. The van der Waals surface area contributed by atoms with Crippen LogP contribution in [0.3, 0.4) is 0 Å². The lowest BCUT2D eigenvalue weighted by Crippen LogP contribution is -2.49. The maximum atomic E-state index is 12.1. The highest BCUT2D eigenvalue weighted by molar-refractivity contribution is 7.15. The summed E-state index contributed by atoms with van der Waals surface area (Å²) < 4.78 is 1.66. The third-order valence-electron chi connectivity index (χ3n) is 3.27. The predicted octanol–water partition coefficient (Wildman–Crippen LogP) is 0.392. The molecule has 0 bridgehead atoms. The van der Waals surface area contributed by atoms with E-state index in [9.17, 15) is 4.79 Å². The number of hydrogen-bond acceptors (Lipinski definition) is 6. The number of aryl methyl sites for hydroxylation is 1. The van der Waals surface area contributed by atoms with Gasteiger partial charge in [-0.15, -0.1) is 10.2 Å². The zero-order valence-electron chi connectivity index (χ0n) is 11.3. The van der Waals surface area contributed by atoms with E-state index in [1.165, 1.54) is 0 Å². The van der Waals surface area contributed by atoms with Gasteiger partial charge in [-0.3, -0.25) is 9.48 Å². The highest BCUT2D eigenvalue weighted by Gasteiger charge is 2.23. The quantitative estimate of drug-likeness (QED) is 0.819. The Bertz CT molecular complexity index is 573. The number of anilines is 1.